The number of nitrogens with one attached hydrogen (secondary N) is 1. The summed E-state index contributed by atoms with van der Waals surface area (Å²) >= 11 is 0. The highest BCUT2D eigenvalue weighted by Crippen LogP contribution is 2.42. The van der Waals surface area contributed by atoms with Crippen LogP contribution in [0.5, 0.6) is 0 Å². The van der Waals surface area contributed by atoms with Crippen molar-refractivity contribution in [1.82, 2.24) is 10.2 Å². The minimum atomic E-state index is -1.09. The van der Waals surface area contributed by atoms with Gasteiger partial charge in [-0.2, -0.15) is 0 Å². The third-order valence-electron chi connectivity index (χ3n) is 7.02. The van der Waals surface area contributed by atoms with Gasteiger partial charge in [-0.15, -0.1) is 0 Å². The normalized spacial score (nSPS) is 24.5. The number of hydrogen-bond acceptors (Lipinski definition) is 2. The van der Waals surface area contributed by atoms with Crippen LogP contribution in [-0.2, 0) is 0 Å². The minimum Gasteiger partial charge on any atom is -0.347 e. The maximum atomic E-state index is 14.3. The Morgan fingerprint density at radius 1 is 0.844 bits per heavy atom. The molecule has 3 aromatic carbocycles. The van der Waals surface area contributed by atoms with Crippen LogP contribution in [0.25, 0.3) is 0 Å². The number of carbonyl (C=O) groups excluding carboxylic acids is 1. The Morgan fingerprint density at radius 3 is 2.03 bits per heavy atom. The van der Waals surface area contributed by atoms with Gasteiger partial charge < -0.3 is 5.32 Å². The largest absolute Gasteiger partial charge is 0.347 e. The molecule has 0 saturated carbocycles. The summed E-state index contributed by atoms with van der Waals surface area (Å²) in [4.78, 5) is 15.5. The molecule has 2 bridgehead atoms. The molecule has 3 fully saturated rings. The first-order valence-electron chi connectivity index (χ1n) is 11.2. The molecule has 2 unspecified atom stereocenters. The average Bonchev–Trinajstić information content (AvgIpc) is 2.84. The van der Waals surface area contributed by atoms with E-state index in [9.17, 15) is 13.6 Å². The van der Waals surface area contributed by atoms with Crippen molar-refractivity contribution < 1.29 is 13.6 Å². The number of halogens is 2. The third kappa shape index (κ3) is 3.82. The molecule has 1 amide bonds. The molecule has 164 valence electrons. The predicted octanol–water partition coefficient (Wildman–Crippen LogP) is 4.99. The highest BCUT2D eigenvalue weighted by Gasteiger charge is 2.47. The molecular weight excluding hydrogens is 406 g/mol. The fourth-order valence-electron chi connectivity index (χ4n) is 5.52. The summed E-state index contributed by atoms with van der Waals surface area (Å²) in [5, 5.41) is 3.12. The molecule has 3 aliphatic heterocycles. The molecule has 3 heterocycles. The quantitative estimate of drug-likeness (QED) is 0.616. The lowest BCUT2D eigenvalue weighted by molar-refractivity contribution is 0.00609. The highest BCUT2D eigenvalue weighted by atomic mass is 19.2. The molecular formula is C27H26F2N2O. The van der Waals surface area contributed by atoms with Crippen LogP contribution in [0, 0.1) is 17.6 Å². The summed E-state index contributed by atoms with van der Waals surface area (Å²) in [6, 6.07) is 24.3. The fourth-order valence-corrected chi connectivity index (χ4v) is 5.52. The second-order valence-electron chi connectivity index (χ2n) is 8.76. The summed E-state index contributed by atoms with van der Waals surface area (Å²) in [6.07, 6.45) is 1.98. The first-order valence-corrected chi connectivity index (χ1v) is 11.2. The molecule has 0 aliphatic carbocycles. The Morgan fingerprint density at radius 2 is 1.44 bits per heavy atom. The number of fused-ring (bicyclic) bond motifs is 3. The molecule has 2 atom stereocenters. The number of amides is 1. The third-order valence-corrected chi connectivity index (χ3v) is 7.02. The van der Waals surface area contributed by atoms with Crippen LogP contribution in [0.2, 0.25) is 0 Å². The van der Waals surface area contributed by atoms with Crippen LogP contribution in [0.1, 0.15) is 40.2 Å². The van der Waals surface area contributed by atoms with Crippen LogP contribution >= 0.6 is 0 Å². The molecule has 0 aromatic heterocycles. The number of piperidine rings is 3. The smallest absolute Gasteiger partial charge is 0.254 e. The minimum absolute atomic E-state index is 0.0351. The first-order chi connectivity index (χ1) is 15.6. The topological polar surface area (TPSA) is 32.3 Å². The molecule has 32 heavy (non-hydrogen) atoms. The van der Waals surface area contributed by atoms with Crippen molar-refractivity contribution in [3.63, 3.8) is 0 Å². The maximum Gasteiger partial charge on any atom is 0.254 e. The lowest BCUT2D eigenvalue weighted by atomic mass is 9.70. The van der Waals surface area contributed by atoms with Crippen molar-refractivity contribution in [2.24, 2.45) is 5.92 Å². The Hall–Kier alpha value is -3.05. The second kappa shape index (κ2) is 8.83. The number of rotatable bonds is 5. The molecule has 0 radical (unpaired) electrons. The van der Waals surface area contributed by atoms with E-state index in [0.717, 1.165) is 32.0 Å². The van der Waals surface area contributed by atoms with Crippen LogP contribution in [-0.4, -0.2) is 36.0 Å². The van der Waals surface area contributed by atoms with Crippen molar-refractivity contribution in [1.29, 1.82) is 0 Å². The van der Waals surface area contributed by atoms with Gasteiger partial charge in [0.05, 0.1) is 5.56 Å². The summed E-state index contributed by atoms with van der Waals surface area (Å²) in [6.45, 7) is 1.96. The molecule has 0 spiro atoms. The Labute approximate surface area is 187 Å². The zero-order valence-electron chi connectivity index (χ0n) is 17.8. The number of nitrogens with zero attached hydrogens (tertiary/aromatic N) is 1. The average molecular weight is 433 g/mol. The van der Waals surface area contributed by atoms with E-state index in [1.807, 2.05) is 36.4 Å². The molecule has 3 saturated heterocycles. The van der Waals surface area contributed by atoms with Gasteiger partial charge in [-0.25, -0.2) is 8.78 Å². The monoisotopic (exact) mass is 432 g/mol. The van der Waals surface area contributed by atoms with Gasteiger partial charge in [-0.05, 0) is 55.1 Å². The van der Waals surface area contributed by atoms with Crippen LogP contribution < -0.4 is 5.32 Å². The Bertz CT molecular complexity index is 1040. The van der Waals surface area contributed by atoms with Gasteiger partial charge >= 0.3 is 0 Å². The van der Waals surface area contributed by atoms with E-state index in [0.29, 0.717) is 5.92 Å². The van der Waals surface area contributed by atoms with Crippen molar-refractivity contribution in [2.45, 2.75) is 30.8 Å². The van der Waals surface area contributed by atoms with Gasteiger partial charge in [0.15, 0.2) is 11.6 Å². The van der Waals surface area contributed by atoms with E-state index in [2.05, 4.69) is 34.5 Å². The van der Waals surface area contributed by atoms with Gasteiger partial charge in [0.25, 0.3) is 5.91 Å². The van der Waals surface area contributed by atoms with Crippen LogP contribution in [0.15, 0.2) is 78.9 Å². The van der Waals surface area contributed by atoms with E-state index in [1.54, 1.807) is 0 Å². The van der Waals surface area contributed by atoms with Gasteiger partial charge in [0, 0.05) is 18.0 Å². The van der Waals surface area contributed by atoms with Gasteiger partial charge in [0.1, 0.15) is 0 Å². The molecule has 5 heteroatoms. The maximum absolute atomic E-state index is 14.3. The zero-order valence-corrected chi connectivity index (χ0v) is 17.8. The fraction of sp³-hybridized carbons (Fsp3) is 0.296. The van der Waals surface area contributed by atoms with E-state index >= 15 is 0 Å². The van der Waals surface area contributed by atoms with E-state index in [-0.39, 0.29) is 23.6 Å². The molecule has 1 N–H and O–H groups in total. The van der Waals surface area contributed by atoms with E-state index in [1.165, 1.54) is 23.3 Å². The standard InChI is InChI=1S/C27H26F2N2O/c28-22-13-7-12-21(24(22)29)27(32)30-25-20-14-16-31(17-15-20)26(25)23(18-8-3-1-4-9-18)19-10-5-2-6-11-19/h1-13,20,23,25-26H,14-17H2,(H,30,32). The lowest BCUT2D eigenvalue weighted by Crippen LogP contribution is -2.65. The van der Waals surface area contributed by atoms with Crippen LogP contribution in [0.3, 0.4) is 0 Å². The highest BCUT2D eigenvalue weighted by molar-refractivity contribution is 5.94. The summed E-state index contributed by atoms with van der Waals surface area (Å²) < 4.78 is 28.1. The van der Waals surface area contributed by atoms with Gasteiger partial charge in [-0.3, -0.25) is 9.69 Å². The molecule has 3 nitrogen and oxygen atoms in total. The van der Waals surface area contributed by atoms with Crippen molar-refractivity contribution in [3.05, 3.63) is 107 Å². The Balaban J connectivity index is 1.54. The van der Waals surface area contributed by atoms with Crippen molar-refractivity contribution >= 4 is 5.91 Å². The summed E-state index contributed by atoms with van der Waals surface area (Å²) in [7, 11) is 0. The molecule has 3 aromatic rings. The van der Waals surface area contributed by atoms with Crippen molar-refractivity contribution in [2.75, 3.05) is 13.1 Å². The predicted molar refractivity (Wildman–Crippen MR) is 120 cm³/mol. The van der Waals surface area contributed by atoms with Crippen LogP contribution in [0.4, 0.5) is 8.78 Å². The van der Waals surface area contributed by atoms with E-state index < -0.39 is 17.5 Å². The SMILES string of the molecule is O=C(NC1C2CCN(CC2)C1C(c1ccccc1)c1ccccc1)c1cccc(F)c1F. The summed E-state index contributed by atoms with van der Waals surface area (Å²) in [5.41, 5.74) is 2.14. The molecule has 3 aliphatic rings. The number of carbonyl (C=O) groups is 1. The molecule has 6 rings (SSSR count). The Kier molecular flexibility index (Phi) is 5.75. The second-order valence-corrected chi connectivity index (χ2v) is 8.76. The van der Waals surface area contributed by atoms with Crippen molar-refractivity contribution in [3.8, 4) is 0 Å². The van der Waals surface area contributed by atoms with E-state index in [4.69, 9.17) is 0 Å². The van der Waals surface area contributed by atoms with Gasteiger partial charge in [0.2, 0.25) is 0 Å². The zero-order chi connectivity index (χ0) is 22.1. The number of hydrogen-bond donors (Lipinski definition) is 1. The number of benzene rings is 3. The lowest BCUT2D eigenvalue weighted by Gasteiger charge is -2.54. The first kappa shape index (κ1) is 20.8. The summed E-state index contributed by atoms with van der Waals surface area (Å²) in [5.74, 6) is -2.28. The van der Waals surface area contributed by atoms with Gasteiger partial charge in [-0.1, -0.05) is 66.7 Å².